The van der Waals surface area contributed by atoms with Crippen LogP contribution in [0.5, 0.6) is 0 Å². The van der Waals surface area contributed by atoms with Crippen LogP contribution in [-0.2, 0) is 9.59 Å². The van der Waals surface area contributed by atoms with Crippen LogP contribution in [0.3, 0.4) is 0 Å². The average Bonchev–Trinajstić information content (AvgIpc) is 2.15. The van der Waals surface area contributed by atoms with Gasteiger partial charge in [0.2, 0.25) is 0 Å². The van der Waals surface area contributed by atoms with E-state index in [1.807, 2.05) is 6.92 Å². The largest absolute Gasteiger partial charge is 0.481 e. The fourth-order valence-corrected chi connectivity index (χ4v) is 1.34. The summed E-state index contributed by atoms with van der Waals surface area (Å²) < 4.78 is 0. The van der Waals surface area contributed by atoms with Crippen LogP contribution in [0.25, 0.3) is 0 Å². The first-order valence-corrected chi connectivity index (χ1v) is 5.12. The van der Waals surface area contributed by atoms with Crippen molar-refractivity contribution < 1.29 is 19.8 Å². The molecule has 2 N–H and O–H groups in total. The van der Waals surface area contributed by atoms with Crippen LogP contribution < -0.4 is 0 Å². The average molecular weight is 214 g/mol. The Balaban J connectivity index is 4.10. The lowest BCUT2D eigenvalue weighted by atomic mass is 9.94. The molecule has 0 aromatic carbocycles. The van der Waals surface area contributed by atoms with Gasteiger partial charge in [-0.05, 0) is 12.8 Å². The number of unbranched alkanes of at least 4 members (excludes halogenated alkanes) is 2. The molecule has 1 atom stereocenters. The van der Waals surface area contributed by atoms with E-state index in [4.69, 9.17) is 10.2 Å². The van der Waals surface area contributed by atoms with E-state index >= 15 is 0 Å². The summed E-state index contributed by atoms with van der Waals surface area (Å²) in [6.07, 6.45) is 3.37. The lowest BCUT2D eigenvalue weighted by Gasteiger charge is -2.11. The minimum absolute atomic E-state index is 0.0288. The summed E-state index contributed by atoms with van der Waals surface area (Å²) in [6.45, 7) is 5.38. The zero-order chi connectivity index (χ0) is 11.8. The van der Waals surface area contributed by atoms with E-state index < -0.39 is 17.9 Å². The summed E-state index contributed by atoms with van der Waals surface area (Å²) >= 11 is 0. The van der Waals surface area contributed by atoms with Crippen LogP contribution in [0.4, 0.5) is 0 Å². The van der Waals surface area contributed by atoms with Gasteiger partial charge in [-0.3, -0.25) is 4.79 Å². The Kier molecular flexibility index (Phi) is 6.42. The van der Waals surface area contributed by atoms with Crippen molar-refractivity contribution in [3.05, 3.63) is 12.2 Å². The van der Waals surface area contributed by atoms with Crippen molar-refractivity contribution >= 4 is 11.9 Å². The quantitative estimate of drug-likeness (QED) is 0.480. The lowest BCUT2D eigenvalue weighted by molar-refractivity contribution is -0.142. The first-order valence-electron chi connectivity index (χ1n) is 5.12. The van der Waals surface area contributed by atoms with Gasteiger partial charge in [0, 0.05) is 5.57 Å². The van der Waals surface area contributed by atoms with Gasteiger partial charge in [-0.1, -0.05) is 32.8 Å². The molecule has 4 nitrogen and oxygen atoms in total. The van der Waals surface area contributed by atoms with E-state index in [2.05, 4.69) is 6.58 Å². The van der Waals surface area contributed by atoms with E-state index in [1.165, 1.54) is 0 Å². The third-order valence-electron chi connectivity index (χ3n) is 2.30. The van der Waals surface area contributed by atoms with E-state index in [0.29, 0.717) is 6.42 Å². The molecule has 0 aromatic rings. The van der Waals surface area contributed by atoms with Crippen molar-refractivity contribution in [3.63, 3.8) is 0 Å². The lowest BCUT2D eigenvalue weighted by Crippen LogP contribution is -2.16. The number of carbonyl (C=O) groups is 2. The number of carboxylic acid groups (broad SMARTS) is 2. The summed E-state index contributed by atoms with van der Waals surface area (Å²) in [4.78, 5) is 21.3. The maximum atomic E-state index is 10.8. The minimum Gasteiger partial charge on any atom is -0.481 e. The molecule has 0 aromatic heterocycles. The molecule has 0 aliphatic carbocycles. The Morgan fingerprint density at radius 1 is 1.27 bits per heavy atom. The molecular formula is C11H18O4. The highest BCUT2D eigenvalue weighted by atomic mass is 16.4. The number of aliphatic carboxylic acids is 2. The second-order valence-corrected chi connectivity index (χ2v) is 3.64. The third-order valence-corrected chi connectivity index (χ3v) is 2.30. The molecule has 0 saturated carbocycles. The zero-order valence-corrected chi connectivity index (χ0v) is 9.03. The van der Waals surface area contributed by atoms with Crippen LogP contribution in [0.1, 0.15) is 39.0 Å². The van der Waals surface area contributed by atoms with E-state index in [9.17, 15) is 9.59 Å². The topological polar surface area (TPSA) is 74.6 Å². The van der Waals surface area contributed by atoms with Gasteiger partial charge < -0.3 is 10.2 Å². The Morgan fingerprint density at radius 3 is 2.27 bits per heavy atom. The molecule has 4 heteroatoms. The second kappa shape index (κ2) is 7.04. The summed E-state index contributed by atoms with van der Waals surface area (Å²) in [5.74, 6) is -2.66. The number of hydrogen-bond acceptors (Lipinski definition) is 2. The minimum atomic E-state index is -1.11. The van der Waals surface area contributed by atoms with Crippen LogP contribution in [0, 0.1) is 5.92 Å². The predicted molar refractivity (Wildman–Crippen MR) is 56.7 cm³/mol. The van der Waals surface area contributed by atoms with Crippen molar-refractivity contribution in [2.45, 2.75) is 39.0 Å². The molecule has 0 heterocycles. The van der Waals surface area contributed by atoms with Gasteiger partial charge in [0.05, 0.1) is 5.92 Å². The molecule has 0 bridgehead atoms. The van der Waals surface area contributed by atoms with Gasteiger partial charge in [-0.2, -0.15) is 0 Å². The molecule has 15 heavy (non-hydrogen) atoms. The molecule has 0 saturated heterocycles. The monoisotopic (exact) mass is 214 g/mol. The van der Waals surface area contributed by atoms with E-state index in [0.717, 1.165) is 19.3 Å². The highest BCUT2D eigenvalue weighted by Gasteiger charge is 2.20. The van der Waals surface area contributed by atoms with Crippen molar-refractivity contribution in [3.8, 4) is 0 Å². The van der Waals surface area contributed by atoms with E-state index in [1.54, 1.807) is 0 Å². The third kappa shape index (κ3) is 5.88. The second-order valence-electron chi connectivity index (χ2n) is 3.64. The number of rotatable bonds is 8. The molecular weight excluding hydrogens is 196 g/mol. The van der Waals surface area contributed by atoms with Gasteiger partial charge in [0.25, 0.3) is 0 Å². The highest BCUT2D eigenvalue weighted by Crippen LogP contribution is 2.18. The van der Waals surface area contributed by atoms with Gasteiger partial charge in [-0.25, -0.2) is 4.79 Å². The molecule has 0 amide bonds. The maximum absolute atomic E-state index is 10.8. The Morgan fingerprint density at radius 2 is 1.87 bits per heavy atom. The fourth-order valence-electron chi connectivity index (χ4n) is 1.34. The first-order chi connectivity index (χ1) is 6.99. The molecule has 0 fully saturated rings. The standard InChI is InChI=1S/C11H18O4/c1-3-4-5-6-9(11(14)15)7-8(2)10(12)13/h9H,2-7H2,1H3,(H,12,13)(H,14,15). The van der Waals surface area contributed by atoms with Crippen LogP contribution in [0.15, 0.2) is 12.2 Å². The molecule has 0 rings (SSSR count). The Bertz CT molecular complexity index is 245. The van der Waals surface area contributed by atoms with Crippen molar-refractivity contribution in [1.82, 2.24) is 0 Å². The van der Waals surface area contributed by atoms with Crippen molar-refractivity contribution in [1.29, 1.82) is 0 Å². The van der Waals surface area contributed by atoms with Crippen molar-refractivity contribution in [2.24, 2.45) is 5.92 Å². The van der Waals surface area contributed by atoms with Gasteiger partial charge in [0.15, 0.2) is 0 Å². The zero-order valence-electron chi connectivity index (χ0n) is 9.03. The molecule has 0 aliphatic heterocycles. The summed E-state index contributed by atoms with van der Waals surface area (Å²) in [5.41, 5.74) is -0.0288. The smallest absolute Gasteiger partial charge is 0.330 e. The first kappa shape index (κ1) is 13.7. The normalized spacial score (nSPS) is 12.1. The summed E-state index contributed by atoms with van der Waals surface area (Å²) in [7, 11) is 0. The Hall–Kier alpha value is -1.32. The van der Waals surface area contributed by atoms with Gasteiger partial charge >= 0.3 is 11.9 Å². The van der Waals surface area contributed by atoms with Crippen LogP contribution >= 0.6 is 0 Å². The Labute approximate surface area is 89.6 Å². The molecule has 0 spiro atoms. The number of hydrogen-bond donors (Lipinski definition) is 2. The fraction of sp³-hybridized carbons (Fsp3) is 0.636. The SMILES string of the molecule is C=C(CC(CCCCC)C(=O)O)C(=O)O. The molecule has 0 aliphatic rings. The summed E-state index contributed by atoms with van der Waals surface area (Å²) in [5, 5.41) is 17.5. The molecule has 0 radical (unpaired) electrons. The summed E-state index contributed by atoms with van der Waals surface area (Å²) in [6, 6.07) is 0. The van der Waals surface area contributed by atoms with Crippen LogP contribution in [0.2, 0.25) is 0 Å². The molecule has 86 valence electrons. The number of carboxylic acids is 2. The van der Waals surface area contributed by atoms with E-state index in [-0.39, 0.29) is 12.0 Å². The van der Waals surface area contributed by atoms with Crippen LogP contribution in [-0.4, -0.2) is 22.2 Å². The van der Waals surface area contributed by atoms with Crippen molar-refractivity contribution in [2.75, 3.05) is 0 Å². The predicted octanol–water partition coefficient (Wildman–Crippen LogP) is 2.30. The maximum Gasteiger partial charge on any atom is 0.330 e. The molecule has 1 unspecified atom stereocenters. The highest BCUT2D eigenvalue weighted by molar-refractivity contribution is 5.86. The van der Waals surface area contributed by atoms with Gasteiger partial charge in [-0.15, -0.1) is 0 Å². The van der Waals surface area contributed by atoms with Gasteiger partial charge in [0.1, 0.15) is 0 Å².